The fraction of sp³-hybridized carbons (Fsp3) is 0.929. The summed E-state index contributed by atoms with van der Waals surface area (Å²) in [4.78, 5) is 14.2. The van der Waals surface area contributed by atoms with E-state index in [9.17, 15) is 4.79 Å². The maximum atomic E-state index is 10.6. The van der Waals surface area contributed by atoms with Gasteiger partial charge >= 0.3 is 27.7 Å². The van der Waals surface area contributed by atoms with Gasteiger partial charge in [-0.05, 0) is 6.42 Å². The summed E-state index contributed by atoms with van der Waals surface area (Å²) in [6, 6.07) is 0. The van der Waals surface area contributed by atoms with Crippen LogP contribution in [0.3, 0.4) is 0 Å². The summed E-state index contributed by atoms with van der Waals surface area (Å²) < 4.78 is 0. The van der Waals surface area contributed by atoms with E-state index < -0.39 is 5.97 Å². The molecule has 0 atom stereocenters. The first-order valence-electron chi connectivity index (χ1n) is 7.15. The van der Waals surface area contributed by atoms with E-state index in [1.807, 2.05) is 0 Å². The molecular weight excluding hydrogens is 264 g/mol. The third-order valence-corrected chi connectivity index (χ3v) is 3.09. The van der Waals surface area contributed by atoms with Crippen LogP contribution in [0, 0.1) is 0 Å². The Hall–Kier alpha value is 0.144. The van der Waals surface area contributed by atoms with Crippen LogP contribution in [0.1, 0.15) is 84.0 Å². The Morgan fingerprint density at radius 3 is 1.61 bits per heavy atom. The van der Waals surface area contributed by atoms with Crippen LogP contribution in [0.5, 0.6) is 0 Å². The number of hydrogen-bond donors (Lipinski definition) is 1. The summed E-state index contributed by atoms with van der Waals surface area (Å²) >= 11 is 0. The van der Waals surface area contributed by atoms with Gasteiger partial charge in [-0.3, -0.25) is 0 Å². The average Bonchev–Trinajstić information content (AvgIpc) is 2.35. The van der Waals surface area contributed by atoms with E-state index in [1.54, 1.807) is 0 Å². The molecule has 0 aromatic carbocycles. The van der Waals surface area contributed by atoms with Crippen molar-refractivity contribution >= 4 is 5.97 Å². The predicted octanol–water partition coefficient (Wildman–Crippen LogP) is 4.70. The van der Waals surface area contributed by atoms with E-state index in [2.05, 4.69) is 11.8 Å². The molecule has 4 heteroatoms. The molecule has 0 rings (SSSR count). The molecule has 0 saturated carbocycles. The van der Waals surface area contributed by atoms with Crippen molar-refractivity contribution in [2.75, 3.05) is 0 Å². The first-order valence-corrected chi connectivity index (χ1v) is 7.15. The van der Waals surface area contributed by atoms with Gasteiger partial charge in [0.15, 0.2) is 0 Å². The predicted molar refractivity (Wildman–Crippen MR) is 69.8 cm³/mol. The Kier molecular flexibility index (Phi) is 19.5. The molecule has 18 heavy (non-hydrogen) atoms. The molecule has 0 aromatic heterocycles. The molecule has 0 heterocycles. The van der Waals surface area contributed by atoms with E-state index in [4.69, 9.17) is 5.26 Å². The van der Waals surface area contributed by atoms with E-state index >= 15 is 0 Å². The standard InChI is InChI=1S/C14H28O3.Ti/c1-2-3-4-5-6-7-8-9-10-11-12-13-14(15)17-16;/h16H,2-13H2,1H3;/q;+2. The normalized spacial score (nSPS) is 9.89. The first kappa shape index (κ1) is 20.5. The minimum atomic E-state index is -0.513. The van der Waals surface area contributed by atoms with Crippen LogP contribution in [0.15, 0.2) is 0 Å². The molecule has 0 aliphatic carbocycles. The summed E-state index contributed by atoms with van der Waals surface area (Å²) in [5, 5.41) is 8.05. The van der Waals surface area contributed by atoms with Crippen molar-refractivity contribution in [2.24, 2.45) is 0 Å². The molecule has 0 aliphatic rings. The number of carbonyl (C=O) groups is 1. The van der Waals surface area contributed by atoms with Crippen LogP contribution < -0.4 is 0 Å². The zero-order valence-corrected chi connectivity index (χ0v) is 13.3. The quantitative estimate of drug-likeness (QED) is 0.245. The van der Waals surface area contributed by atoms with Gasteiger partial charge in [0, 0.05) is 6.42 Å². The summed E-state index contributed by atoms with van der Waals surface area (Å²) in [5.74, 6) is -0.513. The van der Waals surface area contributed by atoms with Crippen LogP contribution in [0.25, 0.3) is 0 Å². The molecule has 0 radical (unpaired) electrons. The largest absolute Gasteiger partial charge is 2.00 e. The molecule has 104 valence electrons. The van der Waals surface area contributed by atoms with Crippen molar-refractivity contribution in [3.05, 3.63) is 0 Å². The SMILES string of the molecule is CCCCCCCCCCCCCC(=O)OO.[Ti+2]. The number of unbranched alkanes of at least 4 members (excludes halogenated alkanes) is 10. The minimum Gasteiger partial charge on any atom is -0.301 e. The molecule has 0 aliphatic heterocycles. The maximum Gasteiger partial charge on any atom is 2.00 e. The molecule has 3 nitrogen and oxygen atoms in total. The summed E-state index contributed by atoms with van der Waals surface area (Å²) in [5.41, 5.74) is 0. The van der Waals surface area contributed by atoms with Crippen LogP contribution in [0.2, 0.25) is 0 Å². The monoisotopic (exact) mass is 292 g/mol. The third-order valence-electron chi connectivity index (χ3n) is 3.09. The molecule has 0 saturated heterocycles. The van der Waals surface area contributed by atoms with Crippen molar-refractivity contribution in [3.63, 3.8) is 0 Å². The smallest absolute Gasteiger partial charge is 0.301 e. The molecule has 0 amide bonds. The van der Waals surface area contributed by atoms with E-state index in [1.165, 1.54) is 57.8 Å². The molecule has 0 aromatic rings. The maximum absolute atomic E-state index is 10.6. The van der Waals surface area contributed by atoms with Crippen LogP contribution in [-0.4, -0.2) is 11.2 Å². The van der Waals surface area contributed by atoms with Crippen molar-refractivity contribution in [3.8, 4) is 0 Å². The van der Waals surface area contributed by atoms with Gasteiger partial charge in [0.05, 0.1) is 0 Å². The van der Waals surface area contributed by atoms with Gasteiger partial charge in [-0.15, -0.1) is 0 Å². The Labute approximate surface area is 126 Å². The fourth-order valence-corrected chi connectivity index (χ4v) is 1.98. The minimum absolute atomic E-state index is 0. The topological polar surface area (TPSA) is 46.5 Å². The number of hydrogen-bond acceptors (Lipinski definition) is 3. The molecular formula is C14H28O3Ti+2. The number of carbonyl (C=O) groups excluding carboxylic acids is 1. The Morgan fingerprint density at radius 2 is 1.22 bits per heavy atom. The van der Waals surface area contributed by atoms with E-state index in [0.717, 1.165) is 12.8 Å². The van der Waals surface area contributed by atoms with Gasteiger partial charge in [0.25, 0.3) is 0 Å². The second-order valence-electron chi connectivity index (χ2n) is 4.75. The molecule has 0 spiro atoms. The third kappa shape index (κ3) is 16.1. The number of rotatable bonds is 12. The average molecular weight is 292 g/mol. The molecule has 0 unspecified atom stereocenters. The van der Waals surface area contributed by atoms with Crippen molar-refractivity contribution in [2.45, 2.75) is 84.0 Å². The van der Waals surface area contributed by atoms with Crippen molar-refractivity contribution in [1.82, 2.24) is 0 Å². The molecule has 1 N–H and O–H groups in total. The second-order valence-corrected chi connectivity index (χ2v) is 4.75. The van der Waals surface area contributed by atoms with Gasteiger partial charge in [-0.2, -0.15) is 5.26 Å². The summed E-state index contributed by atoms with van der Waals surface area (Å²) in [7, 11) is 0. The van der Waals surface area contributed by atoms with Crippen molar-refractivity contribution in [1.29, 1.82) is 0 Å². The fourth-order valence-electron chi connectivity index (χ4n) is 1.98. The molecule has 0 bridgehead atoms. The van der Waals surface area contributed by atoms with Gasteiger partial charge in [-0.1, -0.05) is 71.1 Å². The second kappa shape index (κ2) is 17.1. The Balaban J connectivity index is 0. The van der Waals surface area contributed by atoms with Crippen LogP contribution in [0.4, 0.5) is 0 Å². The van der Waals surface area contributed by atoms with Gasteiger partial charge < -0.3 is 4.89 Å². The summed E-state index contributed by atoms with van der Waals surface area (Å²) in [6.07, 6.45) is 14.2. The van der Waals surface area contributed by atoms with Gasteiger partial charge in [0.1, 0.15) is 0 Å². The van der Waals surface area contributed by atoms with Crippen LogP contribution in [-0.2, 0) is 31.4 Å². The summed E-state index contributed by atoms with van der Waals surface area (Å²) in [6.45, 7) is 2.24. The van der Waals surface area contributed by atoms with E-state index in [-0.39, 0.29) is 21.7 Å². The Bertz CT molecular complexity index is 174. The van der Waals surface area contributed by atoms with Crippen LogP contribution >= 0.6 is 0 Å². The zero-order chi connectivity index (χ0) is 12.8. The van der Waals surface area contributed by atoms with Crippen molar-refractivity contribution < 1.29 is 36.7 Å². The van der Waals surface area contributed by atoms with E-state index in [0.29, 0.717) is 6.42 Å². The first-order chi connectivity index (χ1) is 8.31. The molecule has 0 fully saturated rings. The Morgan fingerprint density at radius 1 is 0.833 bits per heavy atom. The zero-order valence-electron chi connectivity index (χ0n) is 11.7. The van der Waals surface area contributed by atoms with Gasteiger partial charge in [0.2, 0.25) is 0 Å². The van der Waals surface area contributed by atoms with Gasteiger partial charge in [-0.25, -0.2) is 4.79 Å².